The number of carbonyl (C=O) groups is 1. The Balaban J connectivity index is 1.70. The Morgan fingerprint density at radius 3 is 2.55 bits per heavy atom. The van der Waals surface area contributed by atoms with Crippen molar-refractivity contribution in [1.29, 1.82) is 0 Å². The van der Waals surface area contributed by atoms with Gasteiger partial charge in [0.05, 0.1) is 12.2 Å². The Labute approximate surface area is 177 Å². The molecule has 0 atom stereocenters. The van der Waals surface area contributed by atoms with E-state index >= 15 is 0 Å². The second-order valence-corrected chi connectivity index (χ2v) is 7.04. The molecule has 1 aromatic heterocycles. The summed E-state index contributed by atoms with van der Waals surface area (Å²) in [7, 11) is 1.63. The second kappa shape index (κ2) is 8.49. The zero-order valence-corrected chi connectivity index (χ0v) is 16.9. The van der Waals surface area contributed by atoms with Crippen LogP contribution in [0.2, 0.25) is 0 Å². The van der Waals surface area contributed by atoms with Gasteiger partial charge >= 0.3 is 5.97 Å². The van der Waals surface area contributed by atoms with Gasteiger partial charge in [-0.3, -0.25) is 0 Å². The summed E-state index contributed by atoms with van der Waals surface area (Å²) in [6, 6.07) is 17.6. The third kappa shape index (κ3) is 4.08. The number of halogens is 1. The molecule has 3 aromatic carbocycles. The molecule has 0 radical (unpaired) electrons. The van der Waals surface area contributed by atoms with Gasteiger partial charge < -0.3 is 14.4 Å². The molecule has 1 N–H and O–H groups in total. The van der Waals surface area contributed by atoms with Gasteiger partial charge in [0.15, 0.2) is 0 Å². The smallest absolute Gasteiger partial charge is 0.338 e. The number of benzene rings is 3. The summed E-state index contributed by atoms with van der Waals surface area (Å²) in [6.07, 6.45) is 0. The maximum Gasteiger partial charge on any atom is 0.338 e. The van der Waals surface area contributed by atoms with Crippen LogP contribution < -0.4 is 0 Å². The Kier molecular flexibility index (Phi) is 5.60. The number of hydrogen-bond acceptors (Lipinski definition) is 5. The number of aromatic nitrogens is 2. The molecule has 0 saturated carbocycles. The van der Waals surface area contributed by atoms with Crippen LogP contribution in [0.3, 0.4) is 0 Å². The summed E-state index contributed by atoms with van der Waals surface area (Å²) in [6.45, 7) is 2.46. The lowest BCUT2D eigenvalue weighted by atomic mass is 9.94. The van der Waals surface area contributed by atoms with E-state index in [-0.39, 0.29) is 11.7 Å². The molecule has 0 amide bonds. The number of rotatable bonds is 6. The molecule has 6 nitrogen and oxygen atoms in total. The van der Waals surface area contributed by atoms with Gasteiger partial charge in [0.1, 0.15) is 5.82 Å². The minimum Gasteiger partial charge on any atom is -0.478 e. The molecule has 0 fully saturated rings. The fraction of sp³-hybridized carbons (Fsp3) is 0.125. The fourth-order valence-electron chi connectivity index (χ4n) is 3.43. The number of carboxylic acids is 1. The highest BCUT2D eigenvalue weighted by atomic mass is 19.1. The topological polar surface area (TPSA) is 85.5 Å². The molecule has 4 rings (SSSR count). The molecule has 7 heteroatoms. The molecular weight excluding hydrogens is 399 g/mol. The first-order chi connectivity index (χ1) is 15.0. The highest BCUT2D eigenvalue weighted by Crippen LogP contribution is 2.31. The monoisotopic (exact) mass is 418 g/mol. The van der Waals surface area contributed by atoms with Crippen molar-refractivity contribution in [3.8, 4) is 34.0 Å². The fourth-order valence-corrected chi connectivity index (χ4v) is 3.43. The van der Waals surface area contributed by atoms with Crippen molar-refractivity contribution in [3.63, 3.8) is 0 Å². The van der Waals surface area contributed by atoms with Gasteiger partial charge in [-0.1, -0.05) is 35.5 Å². The largest absolute Gasteiger partial charge is 0.478 e. The zero-order chi connectivity index (χ0) is 22.0. The van der Waals surface area contributed by atoms with Crippen LogP contribution in [0.15, 0.2) is 65.2 Å². The number of aryl methyl sites for hydroxylation is 1. The Bertz CT molecular complexity index is 1270. The summed E-state index contributed by atoms with van der Waals surface area (Å²) >= 11 is 0. The maximum absolute atomic E-state index is 14.0. The zero-order valence-electron chi connectivity index (χ0n) is 16.9. The predicted octanol–water partition coefficient (Wildman–Crippen LogP) is 5.36. The predicted molar refractivity (Wildman–Crippen MR) is 113 cm³/mol. The van der Waals surface area contributed by atoms with Crippen LogP contribution in [0.25, 0.3) is 34.0 Å². The highest BCUT2D eigenvalue weighted by Gasteiger charge is 2.17. The van der Waals surface area contributed by atoms with Crippen molar-refractivity contribution >= 4 is 5.97 Å². The van der Waals surface area contributed by atoms with E-state index in [2.05, 4.69) is 29.2 Å². The van der Waals surface area contributed by atoms with Crippen LogP contribution >= 0.6 is 0 Å². The van der Waals surface area contributed by atoms with Crippen molar-refractivity contribution in [1.82, 2.24) is 10.1 Å². The first kappa shape index (κ1) is 20.4. The first-order valence-electron chi connectivity index (χ1n) is 9.53. The minimum absolute atomic E-state index is 0.169. The van der Waals surface area contributed by atoms with Gasteiger partial charge in [0.25, 0.3) is 5.89 Å². The normalized spacial score (nSPS) is 10.9. The summed E-state index contributed by atoms with van der Waals surface area (Å²) in [5.41, 5.74) is 4.89. The molecule has 31 heavy (non-hydrogen) atoms. The maximum atomic E-state index is 14.0. The Hall–Kier alpha value is -3.84. The number of aromatic carboxylic acids is 1. The van der Waals surface area contributed by atoms with Crippen LogP contribution in [0, 0.1) is 12.7 Å². The van der Waals surface area contributed by atoms with Crippen molar-refractivity contribution < 1.29 is 23.6 Å². The third-order valence-electron chi connectivity index (χ3n) is 4.97. The van der Waals surface area contributed by atoms with Gasteiger partial charge in [-0.05, 0) is 59.5 Å². The molecule has 0 spiro atoms. The van der Waals surface area contributed by atoms with Crippen LogP contribution in [0.4, 0.5) is 4.39 Å². The minimum atomic E-state index is -1.34. The average Bonchev–Trinajstić information content (AvgIpc) is 3.24. The van der Waals surface area contributed by atoms with Crippen molar-refractivity contribution in [2.45, 2.75) is 13.5 Å². The van der Waals surface area contributed by atoms with Gasteiger partial charge in [-0.2, -0.15) is 4.98 Å². The first-order valence-corrected chi connectivity index (χ1v) is 9.53. The third-order valence-corrected chi connectivity index (χ3v) is 4.97. The van der Waals surface area contributed by atoms with Gasteiger partial charge in [0.2, 0.25) is 5.82 Å². The van der Waals surface area contributed by atoms with Crippen LogP contribution in [-0.4, -0.2) is 28.3 Å². The number of nitrogens with zero attached hydrogens (tertiary/aromatic N) is 2. The van der Waals surface area contributed by atoms with Crippen molar-refractivity contribution in [3.05, 3.63) is 83.2 Å². The molecule has 0 aliphatic carbocycles. The van der Waals surface area contributed by atoms with Crippen molar-refractivity contribution in [2.24, 2.45) is 0 Å². The standard InChI is InChI=1S/C24H19FN2O4/c1-14-5-3-4-6-18(14)19-9-8-16(11-17(19)13-30-2)23-26-22(27-31-23)15-7-10-20(24(28)29)21(25)12-15/h3-12H,13H2,1-2H3,(H,28,29). The molecule has 156 valence electrons. The number of methoxy groups -OCH3 is 1. The number of ether oxygens (including phenoxy) is 1. The lowest BCUT2D eigenvalue weighted by molar-refractivity contribution is 0.0692. The van der Waals surface area contributed by atoms with Gasteiger partial charge in [-0.15, -0.1) is 0 Å². The lowest BCUT2D eigenvalue weighted by Crippen LogP contribution is -2.00. The lowest BCUT2D eigenvalue weighted by Gasteiger charge is -2.12. The molecule has 1 heterocycles. The van der Waals surface area contributed by atoms with Crippen molar-refractivity contribution in [2.75, 3.05) is 7.11 Å². The highest BCUT2D eigenvalue weighted by molar-refractivity contribution is 5.88. The van der Waals surface area contributed by atoms with E-state index < -0.39 is 17.3 Å². The molecule has 0 aliphatic rings. The molecule has 0 bridgehead atoms. The van der Waals surface area contributed by atoms with Crippen LogP contribution in [0.1, 0.15) is 21.5 Å². The van der Waals surface area contributed by atoms with Gasteiger partial charge in [-0.25, -0.2) is 9.18 Å². The van der Waals surface area contributed by atoms with E-state index in [1.165, 1.54) is 12.1 Å². The summed E-state index contributed by atoms with van der Waals surface area (Å²) < 4.78 is 24.8. The van der Waals surface area contributed by atoms with E-state index in [0.29, 0.717) is 17.7 Å². The average molecular weight is 418 g/mol. The summed E-state index contributed by atoms with van der Waals surface area (Å²) in [5, 5.41) is 12.9. The second-order valence-electron chi connectivity index (χ2n) is 7.04. The van der Waals surface area contributed by atoms with E-state index in [0.717, 1.165) is 28.3 Å². The van der Waals surface area contributed by atoms with E-state index in [4.69, 9.17) is 14.4 Å². The summed E-state index contributed by atoms with van der Waals surface area (Å²) in [4.78, 5) is 15.3. The molecule has 0 aliphatic heterocycles. The quantitative estimate of drug-likeness (QED) is 0.454. The van der Waals surface area contributed by atoms with E-state index in [1.54, 1.807) is 7.11 Å². The number of hydrogen-bond donors (Lipinski definition) is 1. The van der Waals surface area contributed by atoms with Crippen LogP contribution in [0.5, 0.6) is 0 Å². The molecule has 0 unspecified atom stereocenters. The Morgan fingerprint density at radius 1 is 1.06 bits per heavy atom. The molecule has 0 saturated heterocycles. The Morgan fingerprint density at radius 2 is 1.84 bits per heavy atom. The SMILES string of the molecule is COCc1cc(-c2nc(-c3ccc(C(=O)O)c(F)c3)no2)ccc1-c1ccccc1C. The van der Waals surface area contributed by atoms with Gasteiger partial charge in [0, 0.05) is 18.2 Å². The molecular formula is C24H19FN2O4. The van der Waals surface area contributed by atoms with E-state index in [9.17, 15) is 9.18 Å². The summed E-state index contributed by atoms with van der Waals surface area (Å²) in [5.74, 6) is -1.76. The molecule has 4 aromatic rings. The van der Waals surface area contributed by atoms with Crippen LogP contribution in [-0.2, 0) is 11.3 Å². The number of carboxylic acid groups (broad SMARTS) is 1. The van der Waals surface area contributed by atoms with E-state index in [1.807, 2.05) is 30.3 Å².